The molecule has 0 bridgehead atoms. The molecule has 0 aromatic carbocycles. The number of hydrogen-bond acceptors (Lipinski definition) is 3. The molecule has 1 aromatic heterocycles. The monoisotopic (exact) mass is 331 g/mol. The summed E-state index contributed by atoms with van der Waals surface area (Å²) in [7, 11) is 0. The summed E-state index contributed by atoms with van der Waals surface area (Å²) in [6, 6.07) is 0.961. The molecule has 1 saturated carbocycles. The van der Waals surface area contributed by atoms with E-state index in [0.29, 0.717) is 31.1 Å². The molecule has 3 rings (SSSR count). The number of hydrogen-bond donors (Lipinski definition) is 2. The highest BCUT2D eigenvalue weighted by Crippen LogP contribution is 2.29. The average molecular weight is 331 g/mol. The van der Waals surface area contributed by atoms with E-state index in [0.717, 1.165) is 12.8 Å². The summed E-state index contributed by atoms with van der Waals surface area (Å²) >= 11 is 0. The molecule has 2 N–H and O–H groups in total. The molecule has 1 aliphatic heterocycles. The lowest BCUT2D eigenvalue weighted by atomic mass is 9.84. The molecule has 2 amide bonds. The summed E-state index contributed by atoms with van der Waals surface area (Å²) in [6.45, 7) is 2.67. The summed E-state index contributed by atoms with van der Waals surface area (Å²) in [4.78, 5) is 41.9. The van der Waals surface area contributed by atoms with Crippen molar-refractivity contribution in [1.29, 1.82) is 0 Å². The standard InChI is InChI=1S/C18H25N3O3/c1-12-9-16(22)14(11-20-12)18(24)21-8-7-19-17(23)15(21)10-13-5-3-2-4-6-13/h9,11,13,15H,2-8,10H2,1H3,(H,19,23)(H,20,22). The molecule has 1 saturated heterocycles. The molecule has 130 valence electrons. The van der Waals surface area contributed by atoms with Gasteiger partial charge in [0.1, 0.15) is 11.6 Å². The van der Waals surface area contributed by atoms with Crippen LogP contribution in [0.2, 0.25) is 0 Å². The molecule has 24 heavy (non-hydrogen) atoms. The molecule has 0 radical (unpaired) electrons. The number of carbonyl (C=O) groups excluding carboxylic acids is 2. The number of piperazine rings is 1. The second-order valence-electron chi connectivity index (χ2n) is 6.94. The Morgan fingerprint density at radius 2 is 2.00 bits per heavy atom. The lowest BCUT2D eigenvalue weighted by Gasteiger charge is -2.37. The van der Waals surface area contributed by atoms with Crippen molar-refractivity contribution in [2.45, 2.75) is 51.5 Å². The Kier molecular flexibility index (Phi) is 5.02. The van der Waals surface area contributed by atoms with Crippen LogP contribution in [0.25, 0.3) is 0 Å². The van der Waals surface area contributed by atoms with Gasteiger partial charge in [-0.05, 0) is 19.3 Å². The number of aromatic amines is 1. The zero-order valence-electron chi connectivity index (χ0n) is 14.1. The Bertz CT molecular complexity index is 676. The first kappa shape index (κ1) is 16.7. The van der Waals surface area contributed by atoms with Gasteiger partial charge in [-0.1, -0.05) is 32.1 Å². The van der Waals surface area contributed by atoms with Crippen molar-refractivity contribution >= 4 is 11.8 Å². The number of H-pyrrole nitrogens is 1. The van der Waals surface area contributed by atoms with E-state index in [1.54, 1.807) is 11.8 Å². The highest BCUT2D eigenvalue weighted by Gasteiger charge is 2.36. The fraction of sp³-hybridized carbons (Fsp3) is 0.611. The van der Waals surface area contributed by atoms with Crippen molar-refractivity contribution in [1.82, 2.24) is 15.2 Å². The van der Waals surface area contributed by atoms with Gasteiger partial charge in [0.2, 0.25) is 5.91 Å². The van der Waals surface area contributed by atoms with Crippen LogP contribution in [0.5, 0.6) is 0 Å². The van der Waals surface area contributed by atoms with Gasteiger partial charge < -0.3 is 15.2 Å². The molecule has 1 aromatic rings. The van der Waals surface area contributed by atoms with E-state index in [-0.39, 0.29) is 22.8 Å². The predicted octanol–water partition coefficient (Wildman–Crippen LogP) is 1.59. The van der Waals surface area contributed by atoms with Gasteiger partial charge in [0.25, 0.3) is 5.91 Å². The molecular weight excluding hydrogens is 306 g/mol. The Balaban J connectivity index is 1.81. The summed E-state index contributed by atoms with van der Waals surface area (Å²) < 4.78 is 0. The maximum Gasteiger partial charge on any atom is 0.260 e. The quantitative estimate of drug-likeness (QED) is 0.882. The highest BCUT2D eigenvalue weighted by molar-refractivity contribution is 5.97. The molecule has 1 unspecified atom stereocenters. The van der Waals surface area contributed by atoms with Crippen LogP contribution >= 0.6 is 0 Å². The number of rotatable bonds is 3. The van der Waals surface area contributed by atoms with Gasteiger partial charge in [0.15, 0.2) is 5.43 Å². The Hall–Kier alpha value is -2.11. The van der Waals surface area contributed by atoms with Gasteiger partial charge in [-0.15, -0.1) is 0 Å². The molecule has 2 aliphatic rings. The zero-order valence-corrected chi connectivity index (χ0v) is 14.1. The van der Waals surface area contributed by atoms with Crippen molar-refractivity contribution in [3.05, 3.63) is 33.7 Å². The molecule has 2 fully saturated rings. The number of carbonyl (C=O) groups is 2. The first-order valence-electron chi connectivity index (χ1n) is 8.84. The van der Waals surface area contributed by atoms with E-state index < -0.39 is 6.04 Å². The minimum absolute atomic E-state index is 0.0938. The van der Waals surface area contributed by atoms with Crippen LogP contribution in [-0.2, 0) is 4.79 Å². The lowest BCUT2D eigenvalue weighted by Crippen LogP contribution is -2.58. The van der Waals surface area contributed by atoms with Crippen LogP contribution < -0.4 is 10.7 Å². The number of amides is 2. The SMILES string of the molecule is Cc1cc(=O)c(C(=O)N2CCNC(=O)C2CC2CCCCC2)c[nH]1. The summed E-state index contributed by atoms with van der Waals surface area (Å²) in [5.41, 5.74) is 0.536. The van der Waals surface area contributed by atoms with E-state index in [1.807, 2.05) is 0 Å². The fourth-order valence-corrected chi connectivity index (χ4v) is 3.83. The van der Waals surface area contributed by atoms with E-state index in [1.165, 1.54) is 31.5 Å². The van der Waals surface area contributed by atoms with Gasteiger partial charge in [-0.3, -0.25) is 14.4 Å². The Labute approximate surface area is 141 Å². The number of aromatic nitrogens is 1. The maximum absolute atomic E-state index is 12.9. The van der Waals surface area contributed by atoms with Crippen molar-refractivity contribution in [2.24, 2.45) is 5.92 Å². The van der Waals surface area contributed by atoms with Crippen LogP contribution in [0.15, 0.2) is 17.1 Å². The van der Waals surface area contributed by atoms with Gasteiger partial charge >= 0.3 is 0 Å². The Morgan fingerprint density at radius 3 is 2.71 bits per heavy atom. The van der Waals surface area contributed by atoms with E-state index in [9.17, 15) is 14.4 Å². The van der Waals surface area contributed by atoms with Crippen molar-refractivity contribution in [2.75, 3.05) is 13.1 Å². The van der Waals surface area contributed by atoms with Crippen LogP contribution in [-0.4, -0.2) is 40.8 Å². The third-order valence-electron chi connectivity index (χ3n) is 5.16. The van der Waals surface area contributed by atoms with Crippen molar-refractivity contribution in [3.8, 4) is 0 Å². The highest BCUT2D eigenvalue weighted by atomic mass is 16.2. The molecule has 1 atom stereocenters. The first-order valence-corrected chi connectivity index (χ1v) is 8.84. The summed E-state index contributed by atoms with van der Waals surface area (Å²) in [5, 5.41) is 2.86. The molecule has 0 spiro atoms. The van der Waals surface area contributed by atoms with Crippen LogP contribution in [0.1, 0.15) is 54.6 Å². The fourth-order valence-electron chi connectivity index (χ4n) is 3.83. The summed E-state index contributed by atoms with van der Waals surface area (Å²) in [6.07, 6.45) is 8.06. The van der Waals surface area contributed by atoms with Crippen LogP contribution in [0.3, 0.4) is 0 Å². The first-order chi connectivity index (χ1) is 11.6. The van der Waals surface area contributed by atoms with Crippen LogP contribution in [0.4, 0.5) is 0 Å². The topological polar surface area (TPSA) is 82.3 Å². The third-order valence-corrected chi connectivity index (χ3v) is 5.16. The number of nitrogens with zero attached hydrogens (tertiary/aromatic N) is 1. The van der Waals surface area contributed by atoms with E-state index in [4.69, 9.17) is 0 Å². The Morgan fingerprint density at radius 1 is 1.25 bits per heavy atom. The second kappa shape index (κ2) is 7.20. The maximum atomic E-state index is 12.9. The van der Waals surface area contributed by atoms with E-state index >= 15 is 0 Å². The third kappa shape index (κ3) is 3.52. The minimum Gasteiger partial charge on any atom is -0.364 e. The number of nitrogens with one attached hydrogen (secondary N) is 2. The molecular formula is C18H25N3O3. The minimum atomic E-state index is -0.463. The normalized spacial score (nSPS) is 22.3. The van der Waals surface area contributed by atoms with Crippen molar-refractivity contribution < 1.29 is 9.59 Å². The average Bonchev–Trinajstić information content (AvgIpc) is 2.57. The number of aryl methyl sites for hydroxylation is 1. The predicted molar refractivity (Wildman–Crippen MR) is 90.8 cm³/mol. The van der Waals surface area contributed by atoms with Crippen molar-refractivity contribution in [3.63, 3.8) is 0 Å². The zero-order chi connectivity index (χ0) is 17.1. The second-order valence-corrected chi connectivity index (χ2v) is 6.94. The lowest BCUT2D eigenvalue weighted by molar-refractivity contribution is -0.128. The van der Waals surface area contributed by atoms with Gasteiger partial charge in [-0.25, -0.2) is 0 Å². The molecule has 6 heteroatoms. The molecule has 2 heterocycles. The van der Waals surface area contributed by atoms with E-state index in [2.05, 4.69) is 10.3 Å². The number of pyridine rings is 1. The van der Waals surface area contributed by atoms with Gasteiger partial charge in [-0.2, -0.15) is 0 Å². The smallest absolute Gasteiger partial charge is 0.260 e. The molecule has 6 nitrogen and oxygen atoms in total. The van der Waals surface area contributed by atoms with Gasteiger partial charge in [0, 0.05) is 31.0 Å². The van der Waals surface area contributed by atoms with Crippen LogP contribution in [0, 0.1) is 12.8 Å². The summed E-state index contributed by atoms with van der Waals surface area (Å²) in [5.74, 6) is 0.0508. The molecule has 1 aliphatic carbocycles. The van der Waals surface area contributed by atoms with Gasteiger partial charge in [0.05, 0.1) is 0 Å². The largest absolute Gasteiger partial charge is 0.364 e.